The van der Waals surface area contributed by atoms with Crippen LogP contribution in [0, 0.1) is 5.92 Å². The van der Waals surface area contributed by atoms with Gasteiger partial charge >= 0.3 is 0 Å². The van der Waals surface area contributed by atoms with E-state index in [1.807, 2.05) is 0 Å². The third-order valence-electron chi connectivity index (χ3n) is 3.64. The summed E-state index contributed by atoms with van der Waals surface area (Å²) in [7, 11) is 0. The van der Waals surface area contributed by atoms with Gasteiger partial charge in [-0.2, -0.15) is 0 Å². The minimum absolute atomic E-state index is 0.744. The first kappa shape index (κ1) is 11.9. The lowest BCUT2D eigenvalue weighted by atomic mass is 10.1. The van der Waals surface area contributed by atoms with Gasteiger partial charge in [-0.3, -0.25) is 0 Å². The van der Waals surface area contributed by atoms with Crippen LogP contribution >= 0.6 is 11.3 Å². The van der Waals surface area contributed by atoms with Crippen molar-refractivity contribution in [2.75, 3.05) is 31.5 Å². The number of rotatable bonds is 4. The fraction of sp³-hybridized carbons (Fsp3) is 0.538. The van der Waals surface area contributed by atoms with Crippen LogP contribution in [0.25, 0.3) is 10.2 Å². The van der Waals surface area contributed by atoms with Crippen LogP contribution in [0.15, 0.2) is 17.8 Å². The van der Waals surface area contributed by atoms with Crippen LogP contribution in [0.2, 0.25) is 0 Å². The van der Waals surface area contributed by atoms with Gasteiger partial charge in [-0.25, -0.2) is 9.97 Å². The number of hydrogen-bond acceptors (Lipinski definition) is 5. The normalized spacial score (nSPS) is 20.6. The molecule has 2 aromatic heterocycles. The summed E-state index contributed by atoms with van der Waals surface area (Å²) in [6.07, 6.45) is 2.94. The monoisotopic (exact) mass is 262 g/mol. The molecule has 1 unspecified atom stereocenters. The van der Waals surface area contributed by atoms with Crippen molar-refractivity contribution >= 4 is 27.4 Å². The first-order chi connectivity index (χ1) is 8.86. The lowest BCUT2D eigenvalue weighted by Gasteiger charge is -2.14. The number of fused-ring (bicyclic) bond motifs is 1. The molecule has 3 heterocycles. The molecule has 0 bridgehead atoms. The second-order valence-corrected chi connectivity index (χ2v) is 5.69. The average Bonchev–Trinajstić information content (AvgIpc) is 3.05. The molecule has 0 radical (unpaired) electrons. The second kappa shape index (κ2) is 5.20. The Labute approximate surface area is 111 Å². The predicted octanol–water partition coefficient (Wildman–Crippen LogP) is 2.45. The van der Waals surface area contributed by atoms with Crippen LogP contribution < -0.4 is 5.32 Å². The molecule has 0 aromatic carbocycles. The predicted molar refractivity (Wildman–Crippen MR) is 76.1 cm³/mol. The van der Waals surface area contributed by atoms with Gasteiger partial charge in [0.05, 0.1) is 5.39 Å². The Bertz CT molecular complexity index is 524. The van der Waals surface area contributed by atoms with Crippen molar-refractivity contribution in [3.8, 4) is 0 Å². The highest BCUT2D eigenvalue weighted by Gasteiger charge is 2.21. The van der Waals surface area contributed by atoms with E-state index in [0.717, 1.165) is 28.5 Å². The van der Waals surface area contributed by atoms with E-state index >= 15 is 0 Å². The van der Waals surface area contributed by atoms with Crippen molar-refractivity contribution in [3.05, 3.63) is 17.8 Å². The van der Waals surface area contributed by atoms with E-state index in [9.17, 15) is 0 Å². The van der Waals surface area contributed by atoms with Gasteiger partial charge in [-0.15, -0.1) is 11.3 Å². The molecule has 3 rings (SSSR count). The van der Waals surface area contributed by atoms with Crippen LogP contribution in [0.5, 0.6) is 0 Å². The third-order valence-corrected chi connectivity index (χ3v) is 4.46. The molecule has 96 valence electrons. The molecule has 0 saturated carbocycles. The van der Waals surface area contributed by atoms with Crippen molar-refractivity contribution in [2.24, 2.45) is 5.92 Å². The molecule has 1 atom stereocenters. The number of likely N-dealkylation sites (tertiary alicyclic amines) is 1. The zero-order valence-corrected chi connectivity index (χ0v) is 11.4. The van der Waals surface area contributed by atoms with E-state index in [4.69, 9.17) is 0 Å². The maximum atomic E-state index is 4.35. The van der Waals surface area contributed by atoms with Gasteiger partial charge in [0, 0.05) is 13.1 Å². The molecule has 0 amide bonds. The Balaban J connectivity index is 1.65. The summed E-state index contributed by atoms with van der Waals surface area (Å²) in [6, 6.07) is 2.09. The highest BCUT2D eigenvalue weighted by Crippen LogP contribution is 2.24. The topological polar surface area (TPSA) is 41.0 Å². The molecule has 4 nitrogen and oxygen atoms in total. The van der Waals surface area contributed by atoms with Crippen LogP contribution in [0.3, 0.4) is 0 Å². The van der Waals surface area contributed by atoms with E-state index in [0.29, 0.717) is 0 Å². The van der Waals surface area contributed by atoms with Crippen LogP contribution in [-0.4, -0.2) is 41.0 Å². The van der Waals surface area contributed by atoms with E-state index in [2.05, 4.69) is 38.6 Å². The lowest BCUT2D eigenvalue weighted by molar-refractivity contribution is 0.345. The number of aromatic nitrogens is 2. The molecular formula is C13H18N4S. The zero-order valence-electron chi connectivity index (χ0n) is 10.6. The average molecular weight is 262 g/mol. The first-order valence-corrected chi connectivity index (χ1v) is 7.39. The third kappa shape index (κ3) is 2.33. The molecule has 1 aliphatic heterocycles. The van der Waals surface area contributed by atoms with Crippen molar-refractivity contribution in [1.82, 2.24) is 14.9 Å². The molecule has 18 heavy (non-hydrogen) atoms. The van der Waals surface area contributed by atoms with Gasteiger partial charge in [-0.05, 0) is 36.9 Å². The Morgan fingerprint density at radius 1 is 1.50 bits per heavy atom. The van der Waals surface area contributed by atoms with Gasteiger partial charge in [0.25, 0.3) is 0 Å². The largest absolute Gasteiger partial charge is 0.369 e. The number of nitrogens with one attached hydrogen (secondary N) is 1. The van der Waals surface area contributed by atoms with E-state index in [1.165, 1.54) is 26.1 Å². The fourth-order valence-corrected chi connectivity index (χ4v) is 3.27. The van der Waals surface area contributed by atoms with E-state index in [-0.39, 0.29) is 0 Å². The van der Waals surface area contributed by atoms with Crippen LogP contribution in [0.4, 0.5) is 5.82 Å². The van der Waals surface area contributed by atoms with Crippen LogP contribution in [-0.2, 0) is 0 Å². The molecule has 1 fully saturated rings. The van der Waals surface area contributed by atoms with Crippen molar-refractivity contribution in [3.63, 3.8) is 0 Å². The van der Waals surface area contributed by atoms with Crippen molar-refractivity contribution in [1.29, 1.82) is 0 Å². The molecule has 1 aliphatic rings. The number of thiophene rings is 1. The fourth-order valence-electron chi connectivity index (χ4n) is 2.54. The molecule has 0 spiro atoms. The van der Waals surface area contributed by atoms with Crippen molar-refractivity contribution in [2.45, 2.75) is 13.3 Å². The molecule has 5 heteroatoms. The summed E-state index contributed by atoms with van der Waals surface area (Å²) in [6.45, 7) is 6.86. The van der Waals surface area contributed by atoms with Gasteiger partial charge in [0.2, 0.25) is 0 Å². The maximum absolute atomic E-state index is 4.35. The lowest BCUT2D eigenvalue weighted by Crippen LogP contribution is -2.22. The summed E-state index contributed by atoms with van der Waals surface area (Å²) in [5.41, 5.74) is 0. The highest BCUT2D eigenvalue weighted by molar-refractivity contribution is 7.16. The summed E-state index contributed by atoms with van der Waals surface area (Å²) in [5, 5.41) is 6.70. The molecule has 1 N–H and O–H groups in total. The Morgan fingerprint density at radius 2 is 2.44 bits per heavy atom. The highest BCUT2D eigenvalue weighted by atomic mass is 32.1. The van der Waals surface area contributed by atoms with E-state index in [1.54, 1.807) is 17.7 Å². The van der Waals surface area contributed by atoms with Crippen LogP contribution in [0.1, 0.15) is 13.3 Å². The SMILES string of the molecule is CCN1CCC(CNc2ncnc3sccc23)C1. The van der Waals surface area contributed by atoms with Gasteiger partial charge in [0.15, 0.2) is 0 Å². The summed E-state index contributed by atoms with van der Waals surface area (Å²) < 4.78 is 0. The molecule has 1 saturated heterocycles. The Hall–Kier alpha value is -1.20. The Morgan fingerprint density at radius 3 is 3.28 bits per heavy atom. The van der Waals surface area contributed by atoms with E-state index < -0.39 is 0 Å². The summed E-state index contributed by atoms with van der Waals surface area (Å²) in [4.78, 5) is 12.2. The Kier molecular flexibility index (Phi) is 3.43. The van der Waals surface area contributed by atoms with Crippen molar-refractivity contribution < 1.29 is 0 Å². The van der Waals surface area contributed by atoms with Gasteiger partial charge in [-0.1, -0.05) is 6.92 Å². The molecule has 0 aliphatic carbocycles. The minimum Gasteiger partial charge on any atom is -0.369 e. The number of nitrogens with zero attached hydrogens (tertiary/aromatic N) is 3. The van der Waals surface area contributed by atoms with Gasteiger partial charge < -0.3 is 10.2 Å². The zero-order chi connectivity index (χ0) is 12.4. The standard InChI is InChI=1S/C13H18N4S/c1-2-17-5-3-10(8-17)7-14-12-11-4-6-18-13(11)16-9-15-12/h4,6,9-10H,2-3,5,7-8H2,1H3,(H,14,15,16). The molecular weight excluding hydrogens is 244 g/mol. The van der Waals surface area contributed by atoms with Gasteiger partial charge in [0.1, 0.15) is 17.0 Å². The minimum atomic E-state index is 0.744. The smallest absolute Gasteiger partial charge is 0.138 e. The summed E-state index contributed by atoms with van der Waals surface area (Å²) in [5.74, 6) is 1.73. The molecule has 2 aromatic rings. The second-order valence-electron chi connectivity index (χ2n) is 4.79. The number of anilines is 1. The maximum Gasteiger partial charge on any atom is 0.138 e. The first-order valence-electron chi connectivity index (χ1n) is 6.51. The summed E-state index contributed by atoms with van der Waals surface area (Å²) >= 11 is 1.66. The number of hydrogen-bond donors (Lipinski definition) is 1. The quantitative estimate of drug-likeness (QED) is 0.919.